The number of aliphatic hydroxyl groups excluding tert-OH is 1. The number of carbonyl (C=O) groups excluding carboxylic acids is 1. The van der Waals surface area contributed by atoms with Crippen LogP contribution in [-0.4, -0.2) is 37.8 Å². The lowest BCUT2D eigenvalue weighted by Gasteiger charge is -2.14. The van der Waals surface area contributed by atoms with Crippen molar-refractivity contribution in [3.8, 4) is 0 Å². The van der Waals surface area contributed by atoms with Crippen molar-refractivity contribution in [3.63, 3.8) is 0 Å². The van der Waals surface area contributed by atoms with Crippen molar-refractivity contribution in [2.24, 2.45) is 0 Å². The largest absolute Gasteiger partial charge is 0.364 e. The Morgan fingerprint density at radius 3 is 1.88 bits per heavy atom. The van der Waals surface area contributed by atoms with E-state index in [0.717, 1.165) is 22.3 Å². The van der Waals surface area contributed by atoms with Crippen LogP contribution >= 0.6 is 0 Å². The van der Waals surface area contributed by atoms with Crippen LogP contribution in [0.5, 0.6) is 0 Å². The fourth-order valence-electron chi connectivity index (χ4n) is 4.57. The molecule has 0 aromatic heterocycles. The first-order valence-corrected chi connectivity index (χ1v) is 12.8. The van der Waals surface area contributed by atoms with E-state index in [0.29, 0.717) is 49.4 Å². The molecule has 1 N–H and O–H groups in total. The van der Waals surface area contributed by atoms with E-state index in [2.05, 4.69) is 0 Å². The first kappa shape index (κ1) is 29.9. The van der Waals surface area contributed by atoms with Gasteiger partial charge in [-0.3, -0.25) is 4.79 Å². The molecule has 7 nitrogen and oxygen atoms in total. The molecule has 3 aromatic rings. The van der Waals surface area contributed by atoms with E-state index in [9.17, 15) is 23.1 Å². The van der Waals surface area contributed by atoms with Crippen LogP contribution in [0.2, 0.25) is 0 Å². The fourth-order valence-corrected chi connectivity index (χ4v) is 4.57. The van der Waals surface area contributed by atoms with Gasteiger partial charge in [0.2, 0.25) is 0 Å². The molecule has 6 rings (SSSR count). The minimum Gasteiger partial charge on any atom is -0.364 e. The maximum Gasteiger partial charge on any atom is 0.185 e. The number of benzene rings is 3. The van der Waals surface area contributed by atoms with Gasteiger partial charge in [0, 0.05) is 22.3 Å². The quantitative estimate of drug-likeness (QED) is 0.404. The Morgan fingerprint density at radius 1 is 0.725 bits per heavy atom. The van der Waals surface area contributed by atoms with Gasteiger partial charge in [0.1, 0.15) is 17.5 Å². The Balaban J connectivity index is 0.000000140. The van der Waals surface area contributed by atoms with Gasteiger partial charge < -0.3 is 28.8 Å². The third kappa shape index (κ3) is 6.77. The first-order valence-electron chi connectivity index (χ1n) is 12.8. The van der Waals surface area contributed by atoms with Crippen LogP contribution in [0, 0.1) is 38.2 Å². The number of carbonyl (C=O) groups is 1. The SMILES string of the molecule is Cc1ccc(F)c(C=O)c1C1OCCO1.Cc1ccc(F)c2c1C(O)OC2.Cc1ccc(F)cc1C1OCCO1. The summed E-state index contributed by atoms with van der Waals surface area (Å²) < 4.78 is 65.3. The molecule has 3 aliphatic rings. The first-order chi connectivity index (χ1) is 19.2. The molecule has 0 spiro atoms. The predicted molar refractivity (Wildman–Crippen MR) is 138 cm³/mol. The molecular formula is C30H31F3O7. The Kier molecular flexibility index (Phi) is 10.1. The summed E-state index contributed by atoms with van der Waals surface area (Å²) in [4.78, 5) is 10.8. The van der Waals surface area contributed by atoms with Gasteiger partial charge in [-0.25, -0.2) is 13.2 Å². The van der Waals surface area contributed by atoms with E-state index in [1.54, 1.807) is 25.1 Å². The van der Waals surface area contributed by atoms with Crippen LogP contribution in [0.4, 0.5) is 13.2 Å². The summed E-state index contributed by atoms with van der Waals surface area (Å²) in [5.41, 5.74) is 5.06. The highest BCUT2D eigenvalue weighted by molar-refractivity contribution is 5.78. The number of halogens is 3. The summed E-state index contributed by atoms with van der Waals surface area (Å²) >= 11 is 0. The average Bonchev–Trinajstić information content (AvgIpc) is 3.73. The van der Waals surface area contributed by atoms with Crippen molar-refractivity contribution < 1.29 is 46.8 Å². The van der Waals surface area contributed by atoms with E-state index >= 15 is 0 Å². The van der Waals surface area contributed by atoms with Crippen molar-refractivity contribution >= 4 is 6.29 Å². The Bertz CT molecular complexity index is 1340. The number of aliphatic hydroxyl groups is 1. The molecule has 2 saturated heterocycles. The van der Waals surface area contributed by atoms with Gasteiger partial charge in [0.25, 0.3) is 0 Å². The lowest BCUT2D eigenvalue weighted by Crippen LogP contribution is -2.07. The van der Waals surface area contributed by atoms with Crippen molar-refractivity contribution in [3.05, 3.63) is 104 Å². The normalized spacial score (nSPS) is 18.5. The molecule has 0 saturated carbocycles. The van der Waals surface area contributed by atoms with Gasteiger partial charge in [0.05, 0.1) is 38.6 Å². The van der Waals surface area contributed by atoms with E-state index in [4.69, 9.17) is 23.7 Å². The molecule has 214 valence electrons. The summed E-state index contributed by atoms with van der Waals surface area (Å²) in [6, 6.07) is 10.6. The van der Waals surface area contributed by atoms with Gasteiger partial charge in [-0.05, 0) is 61.7 Å². The number of fused-ring (bicyclic) bond motifs is 1. The minimum absolute atomic E-state index is 0.0295. The van der Waals surface area contributed by atoms with Crippen LogP contribution < -0.4 is 0 Å². The van der Waals surface area contributed by atoms with E-state index in [-0.39, 0.29) is 30.1 Å². The molecule has 0 radical (unpaired) electrons. The van der Waals surface area contributed by atoms with Gasteiger partial charge in [0.15, 0.2) is 25.2 Å². The van der Waals surface area contributed by atoms with E-state index in [1.165, 1.54) is 24.3 Å². The van der Waals surface area contributed by atoms with Crippen molar-refractivity contribution in [2.45, 2.75) is 46.2 Å². The van der Waals surface area contributed by atoms with Crippen LogP contribution in [-0.2, 0) is 30.3 Å². The summed E-state index contributed by atoms with van der Waals surface area (Å²) in [6.45, 7) is 7.83. The third-order valence-corrected chi connectivity index (χ3v) is 6.69. The highest BCUT2D eigenvalue weighted by Gasteiger charge is 2.26. The number of hydrogen-bond donors (Lipinski definition) is 1. The molecule has 1 atom stereocenters. The van der Waals surface area contributed by atoms with Gasteiger partial charge in [-0.1, -0.05) is 18.2 Å². The summed E-state index contributed by atoms with van der Waals surface area (Å²) in [5.74, 6) is -1.09. The predicted octanol–water partition coefficient (Wildman–Crippen LogP) is 5.83. The lowest BCUT2D eigenvalue weighted by molar-refractivity contribution is -0.0922. The summed E-state index contributed by atoms with van der Waals surface area (Å²) in [5, 5.41) is 9.30. The zero-order chi connectivity index (χ0) is 28.8. The molecule has 3 aliphatic heterocycles. The van der Waals surface area contributed by atoms with Gasteiger partial charge in [-0.15, -0.1) is 0 Å². The summed E-state index contributed by atoms with van der Waals surface area (Å²) in [6.07, 6.45) is -1.44. The maximum atomic E-state index is 13.3. The van der Waals surface area contributed by atoms with Gasteiger partial charge in [-0.2, -0.15) is 0 Å². The molecule has 0 aliphatic carbocycles. The molecule has 0 bridgehead atoms. The second kappa shape index (κ2) is 13.5. The van der Waals surface area contributed by atoms with Gasteiger partial charge >= 0.3 is 0 Å². The third-order valence-electron chi connectivity index (χ3n) is 6.69. The number of aryl methyl sites for hydroxylation is 3. The molecular weight excluding hydrogens is 529 g/mol. The number of aldehydes is 1. The Morgan fingerprint density at radius 2 is 1.27 bits per heavy atom. The standard InChI is InChI=1S/C11H11FO3.C10H11FO2.C9H9FO2/c1-7-2-3-9(12)8(6-13)10(7)11-14-4-5-15-11;1-7-2-3-8(11)6-9(7)10-12-4-5-13-10;1-5-2-3-7(10)6-4-12-9(11)8(5)6/h2-3,6,11H,4-5H2,1H3;2-3,6,10H,4-5H2,1H3;2-3,9,11H,4H2,1H3. The maximum absolute atomic E-state index is 13.3. The Labute approximate surface area is 230 Å². The topological polar surface area (TPSA) is 83.5 Å². The van der Waals surface area contributed by atoms with Crippen LogP contribution in [0.15, 0.2) is 42.5 Å². The average molecular weight is 561 g/mol. The monoisotopic (exact) mass is 560 g/mol. The molecule has 1 unspecified atom stereocenters. The molecule has 3 aromatic carbocycles. The number of rotatable bonds is 3. The fraction of sp³-hybridized carbons (Fsp3) is 0.367. The second-order valence-electron chi connectivity index (χ2n) is 9.38. The van der Waals surface area contributed by atoms with Crippen LogP contribution in [0.3, 0.4) is 0 Å². The van der Waals surface area contributed by atoms with Crippen molar-refractivity contribution in [1.29, 1.82) is 0 Å². The van der Waals surface area contributed by atoms with Crippen LogP contribution in [0.25, 0.3) is 0 Å². The molecule has 3 heterocycles. The minimum atomic E-state index is -0.948. The highest BCUT2D eigenvalue weighted by Crippen LogP contribution is 2.33. The van der Waals surface area contributed by atoms with E-state index < -0.39 is 18.4 Å². The smallest absolute Gasteiger partial charge is 0.185 e. The number of ether oxygens (including phenoxy) is 5. The van der Waals surface area contributed by atoms with Crippen LogP contribution in [0.1, 0.15) is 68.2 Å². The molecule has 10 heteroatoms. The second-order valence-corrected chi connectivity index (χ2v) is 9.38. The molecule has 2 fully saturated rings. The highest BCUT2D eigenvalue weighted by atomic mass is 19.1. The molecule has 0 amide bonds. The zero-order valence-electron chi connectivity index (χ0n) is 22.4. The molecule has 40 heavy (non-hydrogen) atoms. The van der Waals surface area contributed by atoms with Crippen molar-refractivity contribution in [2.75, 3.05) is 26.4 Å². The lowest BCUT2D eigenvalue weighted by atomic mass is 10.0. The Hall–Kier alpha value is -3.12. The zero-order valence-corrected chi connectivity index (χ0v) is 22.4. The number of hydrogen-bond acceptors (Lipinski definition) is 7. The van der Waals surface area contributed by atoms with Crippen molar-refractivity contribution in [1.82, 2.24) is 0 Å². The van der Waals surface area contributed by atoms with E-state index in [1.807, 2.05) is 13.8 Å². The summed E-state index contributed by atoms with van der Waals surface area (Å²) in [7, 11) is 0.